The van der Waals surface area contributed by atoms with Gasteiger partial charge in [-0.05, 0) is 41.5 Å². The van der Waals surface area contributed by atoms with Crippen LogP contribution in [0.3, 0.4) is 0 Å². The van der Waals surface area contributed by atoms with E-state index in [9.17, 15) is 9.18 Å². The van der Waals surface area contributed by atoms with E-state index in [4.69, 9.17) is 0 Å². The Labute approximate surface area is 119 Å². The van der Waals surface area contributed by atoms with Gasteiger partial charge in [0, 0.05) is 23.1 Å². The highest BCUT2D eigenvalue weighted by Crippen LogP contribution is 2.27. The highest BCUT2D eigenvalue weighted by molar-refractivity contribution is 9.10. The molecular formula is C15H11BrFNO. The topological polar surface area (TPSA) is 20.3 Å². The number of fused-ring (bicyclic) bond motifs is 1. The van der Waals surface area contributed by atoms with E-state index in [1.165, 1.54) is 12.1 Å². The molecular weight excluding hydrogens is 309 g/mol. The second-order valence-electron chi connectivity index (χ2n) is 4.59. The Morgan fingerprint density at radius 3 is 2.63 bits per heavy atom. The zero-order valence-electron chi connectivity index (χ0n) is 10.1. The van der Waals surface area contributed by atoms with Crippen molar-refractivity contribution in [2.24, 2.45) is 0 Å². The van der Waals surface area contributed by atoms with Crippen LogP contribution in [-0.4, -0.2) is 10.8 Å². The van der Waals surface area contributed by atoms with Gasteiger partial charge >= 0.3 is 0 Å². The molecule has 0 saturated carbocycles. The van der Waals surface area contributed by atoms with Crippen molar-refractivity contribution in [2.75, 3.05) is 0 Å². The summed E-state index contributed by atoms with van der Waals surface area (Å²) < 4.78 is 13.8. The van der Waals surface area contributed by atoms with Crippen molar-refractivity contribution in [2.45, 2.75) is 13.1 Å². The number of hydrogen-bond acceptors (Lipinski definition) is 1. The van der Waals surface area contributed by atoms with E-state index in [-0.39, 0.29) is 11.7 Å². The Bertz CT molecular complexity index is 639. The average Bonchev–Trinajstić information content (AvgIpc) is 2.68. The van der Waals surface area contributed by atoms with Gasteiger partial charge < -0.3 is 4.90 Å². The summed E-state index contributed by atoms with van der Waals surface area (Å²) in [4.78, 5) is 14.0. The molecule has 2 aromatic rings. The summed E-state index contributed by atoms with van der Waals surface area (Å²) in [5, 5.41) is 0. The van der Waals surface area contributed by atoms with E-state index in [0.29, 0.717) is 13.1 Å². The molecule has 0 unspecified atom stereocenters. The Kier molecular flexibility index (Phi) is 3.11. The average molecular weight is 320 g/mol. The number of halogens is 2. The number of hydrogen-bond donors (Lipinski definition) is 0. The molecule has 2 nitrogen and oxygen atoms in total. The van der Waals surface area contributed by atoms with Crippen LogP contribution in [0.4, 0.5) is 4.39 Å². The van der Waals surface area contributed by atoms with E-state index >= 15 is 0 Å². The van der Waals surface area contributed by atoms with Gasteiger partial charge in [-0.15, -0.1) is 0 Å². The van der Waals surface area contributed by atoms with E-state index in [2.05, 4.69) is 15.9 Å². The second-order valence-corrected chi connectivity index (χ2v) is 5.50. The summed E-state index contributed by atoms with van der Waals surface area (Å²) in [7, 11) is 0. The molecule has 0 spiro atoms. The molecule has 0 aromatic heterocycles. The van der Waals surface area contributed by atoms with E-state index in [0.717, 1.165) is 21.2 Å². The highest BCUT2D eigenvalue weighted by Gasteiger charge is 2.27. The van der Waals surface area contributed by atoms with E-state index in [1.807, 2.05) is 18.2 Å². The van der Waals surface area contributed by atoms with Gasteiger partial charge in [-0.25, -0.2) is 4.39 Å². The Hall–Kier alpha value is -1.68. The molecule has 0 atom stereocenters. The Morgan fingerprint density at radius 1 is 1.16 bits per heavy atom. The predicted octanol–water partition coefficient (Wildman–Crippen LogP) is 3.74. The lowest BCUT2D eigenvalue weighted by Gasteiger charge is -2.15. The molecule has 0 saturated heterocycles. The maximum atomic E-state index is 12.9. The summed E-state index contributed by atoms with van der Waals surface area (Å²) in [6, 6.07) is 11.9. The van der Waals surface area contributed by atoms with Crippen LogP contribution in [-0.2, 0) is 13.1 Å². The third-order valence-corrected chi connectivity index (χ3v) is 3.73. The van der Waals surface area contributed by atoms with Gasteiger partial charge in [-0.2, -0.15) is 0 Å². The molecule has 1 heterocycles. The van der Waals surface area contributed by atoms with Crippen LogP contribution >= 0.6 is 15.9 Å². The minimum Gasteiger partial charge on any atom is -0.330 e. The van der Waals surface area contributed by atoms with Crippen LogP contribution in [0.25, 0.3) is 0 Å². The molecule has 4 heteroatoms. The zero-order chi connectivity index (χ0) is 13.4. The third kappa shape index (κ3) is 2.40. The molecule has 0 radical (unpaired) electrons. The van der Waals surface area contributed by atoms with Gasteiger partial charge in [0.25, 0.3) is 5.91 Å². The minimum absolute atomic E-state index is 0.0341. The lowest BCUT2D eigenvalue weighted by atomic mass is 10.1. The second kappa shape index (κ2) is 4.78. The van der Waals surface area contributed by atoms with Crippen LogP contribution in [0, 0.1) is 5.82 Å². The lowest BCUT2D eigenvalue weighted by molar-refractivity contribution is 0.0766. The number of rotatable bonds is 2. The summed E-state index contributed by atoms with van der Waals surface area (Å²) in [6.45, 7) is 1.11. The van der Waals surface area contributed by atoms with Crippen LogP contribution in [0.2, 0.25) is 0 Å². The predicted molar refractivity (Wildman–Crippen MR) is 74.1 cm³/mol. The van der Waals surface area contributed by atoms with Crippen molar-refractivity contribution in [3.63, 3.8) is 0 Å². The van der Waals surface area contributed by atoms with Crippen molar-refractivity contribution in [1.82, 2.24) is 4.90 Å². The van der Waals surface area contributed by atoms with E-state index in [1.54, 1.807) is 17.0 Å². The maximum absolute atomic E-state index is 12.9. The number of carbonyl (C=O) groups is 1. The quantitative estimate of drug-likeness (QED) is 0.825. The van der Waals surface area contributed by atoms with Crippen molar-refractivity contribution in [1.29, 1.82) is 0 Å². The molecule has 0 N–H and O–H groups in total. The normalized spacial score (nSPS) is 13.8. The SMILES string of the molecule is O=C1c2ccc(Br)cc2CN1Cc1ccc(F)cc1. The minimum atomic E-state index is -0.260. The fraction of sp³-hybridized carbons (Fsp3) is 0.133. The molecule has 19 heavy (non-hydrogen) atoms. The van der Waals surface area contributed by atoms with Crippen LogP contribution in [0.5, 0.6) is 0 Å². The van der Waals surface area contributed by atoms with Crippen molar-refractivity contribution >= 4 is 21.8 Å². The lowest BCUT2D eigenvalue weighted by Crippen LogP contribution is -2.23. The molecule has 0 fully saturated rings. The van der Waals surface area contributed by atoms with Crippen molar-refractivity contribution in [3.8, 4) is 0 Å². The number of benzene rings is 2. The molecule has 1 aliphatic rings. The molecule has 96 valence electrons. The number of carbonyl (C=O) groups excluding carboxylic acids is 1. The Morgan fingerprint density at radius 2 is 1.89 bits per heavy atom. The monoisotopic (exact) mass is 319 g/mol. The molecule has 0 bridgehead atoms. The standard InChI is InChI=1S/C15H11BrFNO/c16-12-3-6-14-11(7-12)9-18(15(14)19)8-10-1-4-13(17)5-2-10/h1-7H,8-9H2. The van der Waals surface area contributed by atoms with E-state index < -0.39 is 0 Å². The molecule has 0 aliphatic carbocycles. The maximum Gasteiger partial charge on any atom is 0.254 e. The van der Waals surface area contributed by atoms with Gasteiger partial charge in [-0.3, -0.25) is 4.79 Å². The Balaban J connectivity index is 1.82. The fourth-order valence-electron chi connectivity index (χ4n) is 2.29. The third-order valence-electron chi connectivity index (χ3n) is 3.23. The van der Waals surface area contributed by atoms with Gasteiger partial charge in [-0.1, -0.05) is 28.1 Å². The van der Waals surface area contributed by atoms with Gasteiger partial charge in [0.15, 0.2) is 0 Å². The summed E-state index contributed by atoms with van der Waals surface area (Å²) in [6.07, 6.45) is 0. The summed E-state index contributed by atoms with van der Waals surface area (Å²) >= 11 is 3.41. The molecule has 1 aliphatic heterocycles. The summed E-state index contributed by atoms with van der Waals surface area (Å²) in [5.74, 6) is -0.226. The first-order chi connectivity index (χ1) is 9.13. The zero-order valence-corrected chi connectivity index (χ0v) is 11.7. The number of nitrogens with zero attached hydrogens (tertiary/aromatic N) is 1. The fourth-order valence-corrected chi connectivity index (χ4v) is 2.70. The first-order valence-corrected chi connectivity index (χ1v) is 6.75. The summed E-state index contributed by atoms with van der Waals surface area (Å²) in [5.41, 5.74) is 2.72. The first-order valence-electron chi connectivity index (χ1n) is 5.95. The largest absolute Gasteiger partial charge is 0.330 e. The van der Waals surface area contributed by atoms with Crippen LogP contribution < -0.4 is 0 Å². The van der Waals surface area contributed by atoms with Gasteiger partial charge in [0.2, 0.25) is 0 Å². The molecule has 3 rings (SSSR count). The smallest absolute Gasteiger partial charge is 0.254 e. The van der Waals surface area contributed by atoms with Crippen LogP contribution in [0.15, 0.2) is 46.9 Å². The first kappa shape index (κ1) is 12.4. The van der Waals surface area contributed by atoms with Crippen molar-refractivity contribution in [3.05, 3.63) is 69.4 Å². The highest BCUT2D eigenvalue weighted by atomic mass is 79.9. The number of amides is 1. The van der Waals surface area contributed by atoms with Gasteiger partial charge in [0.05, 0.1) is 0 Å². The van der Waals surface area contributed by atoms with Gasteiger partial charge in [0.1, 0.15) is 5.82 Å². The molecule has 2 aromatic carbocycles. The van der Waals surface area contributed by atoms with Crippen LogP contribution in [0.1, 0.15) is 21.5 Å². The van der Waals surface area contributed by atoms with Crippen molar-refractivity contribution < 1.29 is 9.18 Å². The molecule has 1 amide bonds.